The molecule has 0 bridgehead atoms. The SMILES string of the molecule is Cc1c(CN2CC[C@@]3(CCCN3Cc3ccccc3)[C@@H](O)C2)cnn1C. The van der Waals surface area contributed by atoms with Crippen molar-refractivity contribution in [3.8, 4) is 0 Å². The normalized spacial score (nSPS) is 27.4. The Labute approximate surface area is 156 Å². The summed E-state index contributed by atoms with van der Waals surface area (Å²) in [6, 6.07) is 10.7. The van der Waals surface area contributed by atoms with Crippen molar-refractivity contribution in [2.24, 2.45) is 7.05 Å². The number of piperidine rings is 1. The Balaban J connectivity index is 1.44. The molecule has 0 radical (unpaired) electrons. The van der Waals surface area contributed by atoms with Gasteiger partial charge in [0, 0.05) is 50.0 Å². The number of hydrogen-bond donors (Lipinski definition) is 1. The summed E-state index contributed by atoms with van der Waals surface area (Å²) in [5.74, 6) is 0. The maximum absolute atomic E-state index is 11.1. The summed E-state index contributed by atoms with van der Waals surface area (Å²) in [5.41, 5.74) is 3.78. The van der Waals surface area contributed by atoms with Crippen LogP contribution in [-0.4, -0.2) is 56.0 Å². The predicted octanol–water partition coefficient (Wildman–Crippen LogP) is 2.33. The van der Waals surface area contributed by atoms with Gasteiger partial charge in [-0.05, 0) is 38.3 Å². The Hall–Kier alpha value is -1.69. The van der Waals surface area contributed by atoms with Crippen LogP contribution in [0.1, 0.15) is 36.1 Å². The fourth-order valence-corrected chi connectivity index (χ4v) is 4.77. The molecule has 140 valence electrons. The molecule has 0 saturated carbocycles. The van der Waals surface area contributed by atoms with Gasteiger partial charge >= 0.3 is 0 Å². The van der Waals surface area contributed by atoms with E-state index in [1.165, 1.54) is 23.2 Å². The van der Waals surface area contributed by atoms with Crippen LogP contribution in [0.4, 0.5) is 0 Å². The van der Waals surface area contributed by atoms with E-state index < -0.39 is 0 Å². The lowest BCUT2D eigenvalue weighted by molar-refractivity contribution is -0.0683. The van der Waals surface area contributed by atoms with Crippen LogP contribution in [0.2, 0.25) is 0 Å². The van der Waals surface area contributed by atoms with Gasteiger partial charge < -0.3 is 5.11 Å². The molecule has 2 aromatic rings. The molecule has 2 aliphatic rings. The molecule has 1 spiro atoms. The van der Waals surface area contributed by atoms with Crippen molar-refractivity contribution in [3.63, 3.8) is 0 Å². The van der Waals surface area contributed by atoms with Crippen LogP contribution >= 0.6 is 0 Å². The van der Waals surface area contributed by atoms with E-state index in [0.29, 0.717) is 0 Å². The average Bonchev–Trinajstić information content (AvgIpc) is 3.18. The highest BCUT2D eigenvalue weighted by atomic mass is 16.3. The van der Waals surface area contributed by atoms with Gasteiger partial charge in [0.1, 0.15) is 0 Å². The molecule has 1 N–H and O–H groups in total. The second-order valence-corrected chi connectivity index (χ2v) is 7.99. The van der Waals surface area contributed by atoms with Gasteiger partial charge in [-0.2, -0.15) is 5.10 Å². The van der Waals surface area contributed by atoms with E-state index in [2.05, 4.69) is 52.2 Å². The van der Waals surface area contributed by atoms with Gasteiger partial charge in [0.2, 0.25) is 0 Å². The summed E-state index contributed by atoms with van der Waals surface area (Å²) >= 11 is 0. The minimum atomic E-state index is -0.292. The lowest BCUT2D eigenvalue weighted by Gasteiger charge is -2.48. The number of rotatable bonds is 4. The summed E-state index contributed by atoms with van der Waals surface area (Å²) in [4.78, 5) is 4.93. The monoisotopic (exact) mass is 354 g/mol. The minimum absolute atomic E-state index is 0.0453. The molecule has 4 rings (SSSR count). The zero-order valence-corrected chi connectivity index (χ0v) is 15.9. The molecular formula is C21H30N4O. The Morgan fingerprint density at radius 1 is 1.15 bits per heavy atom. The van der Waals surface area contributed by atoms with E-state index in [9.17, 15) is 5.11 Å². The lowest BCUT2D eigenvalue weighted by atomic mass is 9.82. The Bertz CT molecular complexity index is 744. The number of β-amino-alcohol motifs (C(OH)–C–C–N with tert-alkyl or cyclic N) is 1. The van der Waals surface area contributed by atoms with Crippen LogP contribution in [-0.2, 0) is 20.1 Å². The first-order chi connectivity index (χ1) is 12.6. The zero-order valence-electron chi connectivity index (χ0n) is 15.9. The number of likely N-dealkylation sites (tertiary alicyclic amines) is 2. The van der Waals surface area contributed by atoms with E-state index in [-0.39, 0.29) is 11.6 Å². The van der Waals surface area contributed by atoms with Crippen LogP contribution in [0.15, 0.2) is 36.5 Å². The molecular weight excluding hydrogens is 324 g/mol. The van der Waals surface area contributed by atoms with Crippen LogP contribution in [0.5, 0.6) is 0 Å². The summed E-state index contributed by atoms with van der Waals surface area (Å²) in [5, 5.41) is 15.5. The number of aliphatic hydroxyl groups excluding tert-OH is 1. The molecule has 5 heteroatoms. The second-order valence-electron chi connectivity index (χ2n) is 7.99. The highest BCUT2D eigenvalue weighted by Crippen LogP contribution is 2.40. The molecule has 0 unspecified atom stereocenters. The average molecular weight is 354 g/mol. The molecule has 1 aromatic carbocycles. The highest BCUT2D eigenvalue weighted by molar-refractivity contribution is 5.18. The first-order valence-electron chi connectivity index (χ1n) is 9.75. The van der Waals surface area contributed by atoms with E-state index >= 15 is 0 Å². The van der Waals surface area contributed by atoms with Crippen molar-refractivity contribution in [3.05, 3.63) is 53.3 Å². The van der Waals surface area contributed by atoms with Gasteiger partial charge in [0.15, 0.2) is 0 Å². The smallest absolute Gasteiger partial charge is 0.0851 e. The maximum Gasteiger partial charge on any atom is 0.0851 e. The summed E-state index contributed by atoms with van der Waals surface area (Å²) in [6.07, 6.45) is 5.01. The van der Waals surface area contributed by atoms with E-state index in [0.717, 1.165) is 45.6 Å². The van der Waals surface area contributed by atoms with Gasteiger partial charge in [-0.1, -0.05) is 30.3 Å². The lowest BCUT2D eigenvalue weighted by Crippen LogP contribution is -2.61. The maximum atomic E-state index is 11.1. The Morgan fingerprint density at radius 3 is 2.65 bits per heavy atom. The van der Waals surface area contributed by atoms with Crippen molar-refractivity contribution in [1.82, 2.24) is 19.6 Å². The molecule has 5 nitrogen and oxygen atoms in total. The van der Waals surface area contributed by atoms with Crippen LogP contribution in [0, 0.1) is 6.92 Å². The molecule has 2 fully saturated rings. The van der Waals surface area contributed by atoms with Crippen molar-refractivity contribution in [1.29, 1.82) is 0 Å². The standard InChI is InChI=1S/C21H30N4O/c1-17-19(13-22-23(17)2)15-24-12-10-21(20(26)16-24)9-6-11-25(21)14-18-7-4-3-5-8-18/h3-5,7-8,13,20,26H,6,9-12,14-16H2,1-2H3/t20-,21-/m0/s1. The number of hydrogen-bond acceptors (Lipinski definition) is 4. The van der Waals surface area contributed by atoms with Crippen LogP contribution in [0.25, 0.3) is 0 Å². The zero-order chi connectivity index (χ0) is 18.1. The van der Waals surface area contributed by atoms with Crippen molar-refractivity contribution in [2.75, 3.05) is 19.6 Å². The number of aromatic nitrogens is 2. The summed E-state index contributed by atoms with van der Waals surface area (Å²) in [6.45, 7) is 6.82. The second kappa shape index (κ2) is 7.14. The third-order valence-electron chi connectivity index (χ3n) is 6.53. The van der Waals surface area contributed by atoms with Gasteiger partial charge in [0.05, 0.1) is 12.3 Å². The van der Waals surface area contributed by atoms with Gasteiger partial charge in [-0.25, -0.2) is 0 Å². The molecule has 3 heterocycles. The molecule has 2 aliphatic heterocycles. The molecule has 0 amide bonds. The third-order valence-corrected chi connectivity index (χ3v) is 6.53. The number of benzene rings is 1. The largest absolute Gasteiger partial charge is 0.390 e. The molecule has 1 aromatic heterocycles. The van der Waals surface area contributed by atoms with Crippen LogP contribution < -0.4 is 0 Å². The molecule has 26 heavy (non-hydrogen) atoms. The number of nitrogens with zero attached hydrogens (tertiary/aromatic N) is 4. The fourth-order valence-electron chi connectivity index (χ4n) is 4.77. The predicted molar refractivity (Wildman–Crippen MR) is 103 cm³/mol. The van der Waals surface area contributed by atoms with E-state index in [1.54, 1.807) is 0 Å². The van der Waals surface area contributed by atoms with Gasteiger partial charge in [-0.15, -0.1) is 0 Å². The van der Waals surface area contributed by atoms with E-state index in [4.69, 9.17) is 0 Å². The quantitative estimate of drug-likeness (QED) is 0.915. The van der Waals surface area contributed by atoms with Gasteiger partial charge in [0.25, 0.3) is 0 Å². The Kier molecular flexibility index (Phi) is 4.86. The third kappa shape index (κ3) is 3.20. The van der Waals surface area contributed by atoms with Crippen LogP contribution in [0.3, 0.4) is 0 Å². The first-order valence-corrected chi connectivity index (χ1v) is 9.75. The number of aliphatic hydroxyl groups is 1. The van der Waals surface area contributed by atoms with Crippen molar-refractivity contribution < 1.29 is 5.11 Å². The van der Waals surface area contributed by atoms with E-state index in [1.807, 2.05) is 17.9 Å². The molecule has 2 saturated heterocycles. The fraction of sp³-hybridized carbons (Fsp3) is 0.571. The van der Waals surface area contributed by atoms with Gasteiger partial charge in [-0.3, -0.25) is 14.5 Å². The minimum Gasteiger partial charge on any atom is -0.390 e. The molecule has 2 atom stereocenters. The van der Waals surface area contributed by atoms with Crippen molar-refractivity contribution in [2.45, 2.75) is 50.9 Å². The molecule has 0 aliphatic carbocycles. The Morgan fingerprint density at radius 2 is 1.96 bits per heavy atom. The first kappa shape index (κ1) is 17.7. The summed E-state index contributed by atoms with van der Waals surface area (Å²) in [7, 11) is 1.98. The van der Waals surface area contributed by atoms with Crippen molar-refractivity contribution >= 4 is 0 Å². The number of aryl methyl sites for hydroxylation is 1. The highest BCUT2D eigenvalue weighted by Gasteiger charge is 2.49. The summed E-state index contributed by atoms with van der Waals surface area (Å²) < 4.78 is 1.93. The topological polar surface area (TPSA) is 44.5 Å².